The van der Waals surface area contributed by atoms with Crippen LogP contribution in [0.2, 0.25) is 0 Å². The average molecular weight is 338 g/mol. The molecule has 24 heavy (non-hydrogen) atoms. The van der Waals surface area contributed by atoms with E-state index in [1.807, 2.05) is 36.4 Å². The lowest BCUT2D eigenvalue weighted by Gasteiger charge is -2.29. The molecule has 122 valence electrons. The minimum atomic E-state index is -0.166. The standard InChI is InChI=1S/C19H18N2O2S/c1-2-10-20-19(23)15-8-9-17-16(11-15)21(18(22)13-24-17)12-14-6-4-3-5-7-14/h2-9,11H,1,10,12-13H2,(H,20,23). The van der Waals surface area contributed by atoms with Crippen LogP contribution in [-0.2, 0) is 11.3 Å². The fourth-order valence-electron chi connectivity index (χ4n) is 2.55. The van der Waals surface area contributed by atoms with Gasteiger partial charge >= 0.3 is 0 Å². The van der Waals surface area contributed by atoms with Gasteiger partial charge < -0.3 is 10.2 Å². The Morgan fingerprint density at radius 1 is 1.25 bits per heavy atom. The van der Waals surface area contributed by atoms with E-state index < -0.39 is 0 Å². The second-order valence-corrected chi connectivity index (χ2v) is 6.45. The molecule has 0 spiro atoms. The number of amides is 2. The Labute approximate surface area is 145 Å². The molecule has 0 saturated carbocycles. The van der Waals surface area contributed by atoms with Crippen molar-refractivity contribution in [3.63, 3.8) is 0 Å². The molecule has 1 heterocycles. The number of benzene rings is 2. The van der Waals surface area contributed by atoms with E-state index in [1.165, 1.54) is 11.8 Å². The first-order chi connectivity index (χ1) is 11.7. The van der Waals surface area contributed by atoms with Crippen molar-refractivity contribution >= 4 is 29.3 Å². The molecule has 4 nitrogen and oxygen atoms in total. The fourth-order valence-corrected chi connectivity index (χ4v) is 3.47. The quantitative estimate of drug-likeness (QED) is 0.852. The molecule has 2 aromatic rings. The summed E-state index contributed by atoms with van der Waals surface area (Å²) in [7, 11) is 0. The predicted molar refractivity (Wildman–Crippen MR) is 97.3 cm³/mol. The van der Waals surface area contributed by atoms with Gasteiger partial charge in [0.05, 0.1) is 18.0 Å². The van der Waals surface area contributed by atoms with Crippen molar-refractivity contribution in [2.45, 2.75) is 11.4 Å². The van der Waals surface area contributed by atoms with Crippen molar-refractivity contribution in [1.29, 1.82) is 0 Å². The summed E-state index contributed by atoms with van der Waals surface area (Å²) >= 11 is 1.51. The molecule has 0 aliphatic carbocycles. The number of anilines is 1. The summed E-state index contributed by atoms with van der Waals surface area (Å²) in [5.74, 6) is 0.308. The van der Waals surface area contributed by atoms with Crippen molar-refractivity contribution in [2.75, 3.05) is 17.2 Å². The van der Waals surface area contributed by atoms with Gasteiger partial charge in [0.25, 0.3) is 5.91 Å². The Morgan fingerprint density at radius 2 is 2.04 bits per heavy atom. The van der Waals surface area contributed by atoms with Crippen LogP contribution in [0.3, 0.4) is 0 Å². The van der Waals surface area contributed by atoms with Crippen molar-refractivity contribution < 1.29 is 9.59 Å². The Kier molecular flexibility index (Phi) is 5.01. The summed E-state index contributed by atoms with van der Waals surface area (Å²) in [5, 5.41) is 2.76. The zero-order chi connectivity index (χ0) is 16.9. The zero-order valence-corrected chi connectivity index (χ0v) is 14.0. The lowest BCUT2D eigenvalue weighted by molar-refractivity contribution is -0.116. The number of carbonyl (C=O) groups excluding carboxylic acids is 2. The van der Waals surface area contributed by atoms with Crippen LogP contribution in [0.5, 0.6) is 0 Å². The molecule has 1 N–H and O–H groups in total. The highest BCUT2D eigenvalue weighted by atomic mass is 32.2. The number of carbonyl (C=O) groups is 2. The first kappa shape index (κ1) is 16.3. The number of nitrogens with one attached hydrogen (secondary N) is 1. The number of hydrogen-bond acceptors (Lipinski definition) is 3. The molecule has 1 aliphatic heterocycles. The third-order valence-electron chi connectivity index (χ3n) is 3.75. The molecule has 0 atom stereocenters. The Hall–Kier alpha value is -2.53. The highest BCUT2D eigenvalue weighted by Gasteiger charge is 2.25. The molecule has 0 unspecified atom stereocenters. The van der Waals surface area contributed by atoms with Crippen molar-refractivity contribution in [3.8, 4) is 0 Å². The predicted octanol–water partition coefficient (Wildman–Crippen LogP) is 3.24. The minimum absolute atomic E-state index is 0.0556. The van der Waals surface area contributed by atoms with E-state index in [2.05, 4.69) is 11.9 Å². The Balaban J connectivity index is 1.91. The summed E-state index contributed by atoms with van der Waals surface area (Å²) < 4.78 is 0. The molecule has 1 aliphatic rings. The summed E-state index contributed by atoms with van der Waals surface area (Å²) in [6.45, 7) is 4.51. The molecule has 3 rings (SSSR count). The van der Waals surface area contributed by atoms with Gasteiger partial charge in [0, 0.05) is 17.0 Å². The SMILES string of the molecule is C=CCNC(=O)c1ccc2c(c1)N(Cc1ccccc1)C(=O)CS2. The Morgan fingerprint density at radius 3 is 2.79 bits per heavy atom. The monoisotopic (exact) mass is 338 g/mol. The summed E-state index contributed by atoms with van der Waals surface area (Å²) in [5.41, 5.74) is 2.40. The van der Waals surface area contributed by atoms with Crippen molar-refractivity contribution in [1.82, 2.24) is 5.32 Å². The van der Waals surface area contributed by atoms with Gasteiger partial charge in [-0.05, 0) is 23.8 Å². The normalized spacial score (nSPS) is 13.3. The first-order valence-electron chi connectivity index (χ1n) is 7.69. The van der Waals surface area contributed by atoms with Crippen molar-refractivity contribution in [3.05, 3.63) is 72.3 Å². The van der Waals surface area contributed by atoms with E-state index >= 15 is 0 Å². The van der Waals surface area contributed by atoms with Gasteiger partial charge in [-0.2, -0.15) is 0 Å². The van der Waals surface area contributed by atoms with E-state index in [0.29, 0.717) is 24.4 Å². The maximum Gasteiger partial charge on any atom is 0.251 e. The molecular formula is C19H18N2O2S. The molecule has 2 aromatic carbocycles. The highest BCUT2D eigenvalue weighted by Crippen LogP contribution is 2.36. The number of nitrogens with zero attached hydrogens (tertiary/aromatic N) is 1. The van der Waals surface area contributed by atoms with Crippen LogP contribution in [0.4, 0.5) is 5.69 Å². The third-order valence-corrected chi connectivity index (χ3v) is 4.80. The summed E-state index contributed by atoms with van der Waals surface area (Å²) in [4.78, 5) is 27.3. The summed E-state index contributed by atoms with van der Waals surface area (Å²) in [6.07, 6.45) is 1.64. The van der Waals surface area contributed by atoms with Gasteiger partial charge in [-0.25, -0.2) is 0 Å². The van der Waals surface area contributed by atoms with Gasteiger partial charge in [0.15, 0.2) is 0 Å². The molecular weight excluding hydrogens is 320 g/mol. The zero-order valence-electron chi connectivity index (χ0n) is 13.2. The summed E-state index contributed by atoms with van der Waals surface area (Å²) in [6, 6.07) is 15.4. The van der Waals surface area contributed by atoms with Gasteiger partial charge in [-0.3, -0.25) is 9.59 Å². The second kappa shape index (κ2) is 7.36. The highest BCUT2D eigenvalue weighted by molar-refractivity contribution is 8.00. The van der Waals surface area contributed by atoms with Crippen LogP contribution < -0.4 is 10.2 Å². The molecule has 5 heteroatoms. The number of rotatable bonds is 5. The average Bonchev–Trinajstić information content (AvgIpc) is 2.62. The van der Waals surface area contributed by atoms with Gasteiger partial charge in [-0.15, -0.1) is 18.3 Å². The smallest absolute Gasteiger partial charge is 0.251 e. The minimum Gasteiger partial charge on any atom is -0.349 e. The van der Waals surface area contributed by atoms with Gasteiger partial charge in [-0.1, -0.05) is 36.4 Å². The van der Waals surface area contributed by atoms with Crippen LogP contribution in [0.25, 0.3) is 0 Å². The lowest BCUT2D eigenvalue weighted by atomic mass is 10.1. The molecule has 2 amide bonds. The third kappa shape index (κ3) is 3.51. The van der Waals surface area contributed by atoms with Crippen LogP contribution in [0.1, 0.15) is 15.9 Å². The number of thioether (sulfide) groups is 1. The number of fused-ring (bicyclic) bond motifs is 1. The first-order valence-corrected chi connectivity index (χ1v) is 8.68. The van der Waals surface area contributed by atoms with Crippen LogP contribution >= 0.6 is 11.8 Å². The number of hydrogen-bond donors (Lipinski definition) is 1. The van der Waals surface area contributed by atoms with E-state index in [1.54, 1.807) is 23.1 Å². The largest absolute Gasteiger partial charge is 0.349 e. The van der Waals surface area contributed by atoms with Gasteiger partial charge in [0.2, 0.25) is 5.91 Å². The second-order valence-electron chi connectivity index (χ2n) is 5.44. The van der Waals surface area contributed by atoms with Crippen LogP contribution in [-0.4, -0.2) is 24.1 Å². The van der Waals surface area contributed by atoms with Crippen LogP contribution in [0, 0.1) is 0 Å². The van der Waals surface area contributed by atoms with E-state index in [9.17, 15) is 9.59 Å². The molecule has 0 fully saturated rings. The van der Waals surface area contributed by atoms with E-state index in [4.69, 9.17) is 0 Å². The Bertz CT molecular complexity index is 774. The maximum atomic E-state index is 12.4. The molecule has 0 saturated heterocycles. The fraction of sp³-hybridized carbons (Fsp3) is 0.158. The van der Waals surface area contributed by atoms with Crippen molar-refractivity contribution in [2.24, 2.45) is 0 Å². The maximum absolute atomic E-state index is 12.4. The molecule has 0 radical (unpaired) electrons. The topological polar surface area (TPSA) is 49.4 Å². The van der Waals surface area contributed by atoms with Gasteiger partial charge in [0.1, 0.15) is 0 Å². The molecule has 0 bridgehead atoms. The molecule has 0 aromatic heterocycles. The van der Waals surface area contributed by atoms with E-state index in [0.717, 1.165) is 16.1 Å². The lowest BCUT2D eigenvalue weighted by Crippen LogP contribution is -2.35. The van der Waals surface area contributed by atoms with Crippen LogP contribution in [0.15, 0.2) is 66.1 Å². The van der Waals surface area contributed by atoms with E-state index in [-0.39, 0.29) is 11.8 Å².